The van der Waals surface area contributed by atoms with Gasteiger partial charge < -0.3 is 20.5 Å². The largest absolute Gasteiger partial charge is 0.481 e. The van der Waals surface area contributed by atoms with E-state index in [1.165, 1.54) is 6.33 Å². The zero-order valence-corrected chi connectivity index (χ0v) is 9.64. The molecule has 1 rings (SSSR count). The highest BCUT2D eigenvalue weighted by Gasteiger charge is 2.02. The number of nitrogens with zero attached hydrogens (tertiary/aromatic N) is 2. The summed E-state index contributed by atoms with van der Waals surface area (Å²) in [7, 11) is 3.21. The van der Waals surface area contributed by atoms with Crippen molar-refractivity contribution in [3.05, 3.63) is 12.4 Å². The molecule has 0 bridgehead atoms. The third-order valence-electron chi connectivity index (χ3n) is 2.05. The van der Waals surface area contributed by atoms with Gasteiger partial charge in [0.15, 0.2) is 0 Å². The molecule has 0 aliphatic carbocycles. The minimum Gasteiger partial charge on any atom is -0.481 e. The number of nitrogens with two attached hydrogens (primary N) is 1. The lowest BCUT2D eigenvalue weighted by molar-refractivity contribution is 0.178. The van der Waals surface area contributed by atoms with Crippen LogP contribution in [0.25, 0.3) is 0 Å². The van der Waals surface area contributed by atoms with Crippen LogP contribution in [-0.4, -0.2) is 43.4 Å². The minimum absolute atomic E-state index is 0.0428. The third-order valence-corrected chi connectivity index (χ3v) is 2.05. The van der Waals surface area contributed by atoms with E-state index >= 15 is 0 Å². The molecular formula is C10H18N4O2. The summed E-state index contributed by atoms with van der Waals surface area (Å²) in [6.07, 6.45) is 2.27. The predicted octanol–water partition coefficient (Wildman–Crippen LogP) is 0.261. The molecule has 6 heteroatoms. The van der Waals surface area contributed by atoms with Crippen molar-refractivity contribution in [3.8, 4) is 5.88 Å². The molecule has 90 valence electrons. The Morgan fingerprint density at radius 1 is 1.44 bits per heavy atom. The van der Waals surface area contributed by atoms with Gasteiger partial charge >= 0.3 is 0 Å². The summed E-state index contributed by atoms with van der Waals surface area (Å²) in [4.78, 5) is 7.97. The number of aromatic nitrogens is 2. The summed E-state index contributed by atoms with van der Waals surface area (Å²) in [5.74, 6) is 1.27. The Bertz CT molecular complexity index is 309. The number of hydrogen-bond acceptors (Lipinski definition) is 6. The summed E-state index contributed by atoms with van der Waals surface area (Å²) in [6.45, 7) is 1.31. The lowest BCUT2D eigenvalue weighted by atomic mass is 10.2. The number of rotatable bonds is 7. The second-order valence-corrected chi connectivity index (χ2v) is 3.38. The van der Waals surface area contributed by atoms with Crippen molar-refractivity contribution in [2.75, 3.05) is 32.7 Å². The molecular weight excluding hydrogens is 208 g/mol. The third kappa shape index (κ3) is 4.41. The van der Waals surface area contributed by atoms with E-state index in [0.717, 1.165) is 18.8 Å². The average Bonchev–Trinajstić information content (AvgIpc) is 2.30. The molecule has 16 heavy (non-hydrogen) atoms. The summed E-state index contributed by atoms with van der Waals surface area (Å²) in [5.41, 5.74) is 5.78. The number of anilines is 1. The number of nitrogens with one attached hydrogen (secondary N) is 1. The standard InChI is InChI=1S/C10H18N4O2/c1-15-6-8(11)3-4-12-9-5-10(16-2)14-7-13-9/h5,7-8H,3-4,6,11H2,1-2H3,(H,12,13,14). The summed E-state index contributed by atoms with van der Waals surface area (Å²) >= 11 is 0. The van der Waals surface area contributed by atoms with Gasteiger partial charge in [-0.1, -0.05) is 0 Å². The highest BCUT2D eigenvalue weighted by molar-refractivity contribution is 5.36. The van der Waals surface area contributed by atoms with Crippen LogP contribution in [0.4, 0.5) is 5.82 Å². The second-order valence-electron chi connectivity index (χ2n) is 3.38. The van der Waals surface area contributed by atoms with Crippen LogP contribution in [0.15, 0.2) is 12.4 Å². The normalized spacial score (nSPS) is 12.2. The molecule has 1 unspecified atom stereocenters. The molecule has 0 spiro atoms. The van der Waals surface area contributed by atoms with Gasteiger partial charge in [-0.3, -0.25) is 0 Å². The van der Waals surface area contributed by atoms with Gasteiger partial charge in [0.05, 0.1) is 13.7 Å². The van der Waals surface area contributed by atoms with Crippen molar-refractivity contribution in [2.45, 2.75) is 12.5 Å². The van der Waals surface area contributed by atoms with Crippen molar-refractivity contribution >= 4 is 5.82 Å². The molecule has 0 aliphatic rings. The van der Waals surface area contributed by atoms with Gasteiger partial charge in [0.25, 0.3) is 0 Å². The molecule has 0 radical (unpaired) electrons. The van der Waals surface area contributed by atoms with Gasteiger partial charge in [-0.2, -0.15) is 0 Å². The predicted molar refractivity (Wildman–Crippen MR) is 61.5 cm³/mol. The van der Waals surface area contributed by atoms with E-state index in [4.69, 9.17) is 15.2 Å². The second kappa shape index (κ2) is 6.97. The van der Waals surface area contributed by atoms with Gasteiger partial charge in [0.1, 0.15) is 12.1 Å². The van der Waals surface area contributed by atoms with Crippen LogP contribution in [0.3, 0.4) is 0 Å². The van der Waals surface area contributed by atoms with E-state index in [2.05, 4.69) is 15.3 Å². The van der Waals surface area contributed by atoms with Crippen LogP contribution >= 0.6 is 0 Å². The van der Waals surface area contributed by atoms with E-state index in [1.807, 2.05) is 0 Å². The van der Waals surface area contributed by atoms with Crippen LogP contribution in [0.1, 0.15) is 6.42 Å². The smallest absolute Gasteiger partial charge is 0.218 e. The van der Waals surface area contributed by atoms with E-state index in [0.29, 0.717) is 12.5 Å². The molecule has 0 saturated carbocycles. The molecule has 0 amide bonds. The zero-order valence-electron chi connectivity index (χ0n) is 9.64. The Kier molecular flexibility index (Phi) is 5.52. The van der Waals surface area contributed by atoms with E-state index < -0.39 is 0 Å². The topological polar surface area (TPSA) is 82.3 Å². The summed E-state index contributed by atoms with van der Waals surface area (Å²) in [5, 5.41) is 3.14. The highest BCUT2D eigenvalue weighted by Crippen LogP contribution is 2.09. The quantitative estimate of drug-likeness (QED) is 0.694. The Labute approximate surface area is 95.2 Å². The van der Waals surface area contributed by atoms with E-state index in [-0.39, 0.29) is 6.04 Å². The highest BCUT2D eigenvalue weighted by atomic mass is 16.5. The van der Waals surface area contributed by atoms with Crippen molar-refractivity contribution in [1.82, 2.24) is 9.97 Å². The summed E-state index contributed by atoms with van der Waals surface area (Å²) in [6, 6.07) is 1.78. The fourth-order valence-corrected chi connectivity index (χ4v) is 1.23. The number of methoxy groups -OCH3 is 2. The Balaban J connectivity index is 2.31. The maximum Gasteiger partial charge on any atom is 0.218 e. The lowest BCUT2D eigenvalue weighted by Gasteiger charge is -2.11. The first-order valence-electron chi connectivity index (χ1n) is 5.10. The first-order chi connectivity index (χ1) is 7.76. The molecule has 6 nitrogen and oxygen atoms in total. The molecule has 0 aromatic carbocycles. The lowest BCUT2D eigenvalue weighted by Crippen LogP contribution is -2.28. The van der Waals surface area contributed by atoms with Crippen LogP contribution < -0.4 is 15.8 Å². The Morgan fingerprint density at radius 3 is 2.94 bits per heavy atom. The molecule has 1 heterocycles. The van der Waals surface area contributed by atoms with Crippen LogP contribution in [-0.2, 0) is 4.74 Å². The van der Waals surface area contributed by atoms with Crippen molar-refractivity contribution in [3.63, 3.8) is 0 Å². The van der Waals surface area contributed by atoms with Crippen molar-refractivity contribution < 1.29 is 9.47 Å². The van der Waals surface area contributed by atoms with Gasteiger partial charge in [-0.05, 0) is 6.42 Å². The van der Waals surface area contributed by atoms with Crippen LogP contribution in [0, 0.1) is 0 Å². The molecule has 0 aliphatic heterocycles. The van der Waals surface area contributed by atoms with Gasteiger partial charge in [-0.25, -0.2) is 9.97 Å². The van der Waals surface area contributed by atoms with Crippen molar-refractivity contribution in [1.29, 1.82) is 0 Å². The summed E-state index contributed by atoms with van der Waals surface area (Å²) < 4.78 is 9.93. The Hall–Kier alpha value is -1.40. The van der Waals surface area contributed by atoms with E-state index in [9.17, 15) is 0 Å². The van der Waals surface area contributed by atoms with E-state index in [1.54, 1.807) is 20.3 Å². The van der Waals surface area contributed by atoms with Gasteiger partial charge in [0, 0.05) is 25.8 Å². The van der Waals surface area contributed by atoms with Crippen molar-refractivity contribution in [2.24, 2.45) is 5.73 Å². The fourth-order valence-electron chi connectivity index (χ4n) is 1.23. The SMILES string of the molecule is COCC(N)CCNc1cc(OC)ncn1. The number of hydrogen-bond donors (Lipinski definition) is 2. The monoisotopic (exact) mass is 226 g/mol. The molecule has 0 fully saturated rings. The Morgan fingerprint density at radius 2 is 2.25 bits per heavy atom. The average molecular weight is 226 g/mol. The first-order valence-corrected chi connectivity index (χ1v) is 5.10. The molecule has 0 saturated heterocycles. The molecule has 1 aromatic heterocycles. The molecule has 3 N–H and O–H groups in total. The van der Waals surface area contributed by atoms with Crippen LogP contribution in [0.5, 0.6) is 5.88 Å². The first kappa shape index (κ1) is 12.7. The van der Waals surface area contributed by atoms with Gasteiger partial charge in [-0.15, -0.1) is 0 Å². The van der Waals surface area contributed by atoms with Crippen LogP contribution in [0.2, 0.25) is 0 Å². The minimum atomic E-state index is 0.0428. The zero-order chi connectivity index (χ0) is 11.8. The maximum absolute atomic E-state index is 5.78. The van der Waals surface area contributed by atoms with Gasteiger partial charge in [0.2, 0.25) is 5.88 Å². The molecule has 1 atom stereocenters. The number of ether oxygens (including phenoxy) is 2. The fraction of sp³-hybridized carbons (Fsp3) is 0.600. The molecule has 1 aromatic rings. The maximum atomic E-state index is 5.78.